The highest BCUT2D eigenvalue weighted by molar-refractivity contribution is 9.10. The highest BCUT2D eigenvalue weighted by Crippen LogP contribution is 2.23. The first-order valence-corrected chi connectivity index (χ1v) is 10.2. The van der Waals surface area contributed by atoms with E-state index in [0.29, 0.717) is 15.9 Å². The monoisotopic (exact) mass is 380 g/mol. The van der Waals surface area contributed by atoms with Crippen LogP contribution in [0.4, 0.5) is 0 Å². The van der Waals surface area contributed by atoms with Gasteiger partial charge in [-0.25, -0.2) is 13.1 Å². The molecule has 4 nitrogen and oxygen atoms in total. The minimum Gasteiger partial charge on any atom is -0.313 e. The molecule has 0 fully saturated rings. The summed E-state index contributed by atoms with van der Waals surface area (Å²) in [5.74, 6) is 0.950. The van der Waals surface area contributed by atoms with Crippen molar-refractivity contribution in [1.29, 1.82) is 0 Å². The molecule has 1 aromatic carbocycles. The Balaban J connectivity index is 2.74. The zero-order valence-corrected chi connectivity index (χ0v) is 15.0. The van der Waals surface area contributed by atoms with Crippen LogP contribution in [0.3, 0.4) is 0 Å². The molecule has 0 atom stereocenters. The summed E-state index contributed by atoms with van der Waals surface area (Å²) in [6.45, 7) is 4.12. The maximum absolute atomic E-state index is 12.2. The fourth-order valence-electron chi connectivity index (χ4n) is 1.64. The molecule has 0 unspecified atom stereocenters. The molecule has 2 N–H and O–H groups in total. The van der Waals surface area contributed by atoms with Gasteiger partial charge in [0.25, 0.3) is 0 Å². The summed E-state index contributed by atoms with van der Waals surface area (Å²) in [4.78, 5) is 0.293. The average Bonchev–Trinajstić information content (AvgIpc) is 2.41. The van der Waals surface area contributed by atoms with Gasteiger partial charge < -0.3 is 5.32 Å². The minimum absolute atomic E-state index is 0.293. The quantitative estimate of drug-likeness (QED) is 0.646. The first-order valence-electron chi connectivity index (χ1n) is 6.49. The number of nitrogens with one attached hydrogen (secondary N) is 2. The van der Waals surface area contributed by atoms with Gasteiger partial charge in [-0.05, 0) is 58.6 Å². The third-order valence-electron chi connectivity index (χ3n) is 2.68. The van der Waals surface area contributed by atoms with Crippen LogP contribution in [-0.2, 0) is 16.6 Å². The zero-order chi connectivity index (χ0) is 15.0. The lowest BCUT2D eigenvalue weighted by molar-refractivity contribution is 0.580. The molecule has 7 heteroatoms. The second-order valence-corrected chi connectivity index (χ2v) is 7.86. The Morgan fingerprint density at radius 2 is 2.10 bits per heavy atom. The van der Waals surface area contributed by atoms with E-state index in [9.17, 15) is 8.42 Å². The van der Waals surface area contributed by atoms with Crippen molar-refractivity contribution >= 4 is 37.7 Å². The molecule has 0 aromatic heterocycles. The fraction of sp³-hybridized carbons (Fsp3) is 0.538. The van der Waals surface area contributed by atoms with Crippen molar-refractivity contribution in [2.24, 2.45) is 0 Å². The molecule has 0 amide bonds. The molecule has 0 radical (unpaired) electrons. The third-order valence-corrected chi connectivity index (χ3v) is 5.82. The Hall–Kier alpha value is -0.0800. The van der Waals surface area contributed by atoms with E-state index in [4.69, 9.17) is 0 Å². The van der Waals surface area contributed by atoms with E-state index in [1.165, 1.54) is 0 Å². The predicted octanol–water partition coefficient (Wildman–Crippen LogP) is 2.59. The molecule has 0 aliphatic heterocycles. The maximum Gasteiger partial charge on any atom is 0.241 e. The number of hydrogen-bond acceptors (Lipinski definition) is 4. The number of thioether (sulfide) groups is 1. The van der Waals surface area contributed by atoms with Crippen molar-refractivity contribution in [3.8, 4) is 0 Å². The van der Waals surface area contributed by atoms with Gasteiger partial charge in [-0.15, -0.1) is 0 Å². The van der Waals surface area contributed by atoms with E-state index in [0.717, 1.165) is 30.8 Å². The van der Waals surface area contributed by atoms with Gasteiger partial charge >= 0.3 is 0 Å². The Morgan fingerprint density at radius 3 is 2.70 bits per heavy atom. The Morgan fingerprint density at radius 1 is 1.35 bits per heavy atom. The molecule has 0 spiro atoms. The molecule has 0 saturated carbocycles. The average molecular weight is 381 g/mol. The molecular weight excluding hydrogens is 360 g/mol. The molecule has 1 rings (SSSR count). The van der Waals surface area contributed by atoms with Crippen LogP contribution in [-0.4, -0.2) is 33.5 Å². The van der Waals surface area contributed by atoms with Crippen molar-refractivity contribution in [2.75, 3.05) is 25.1 Å². The van der Waals surface area contributed by atoms with Crippen LogP contribution in [0.2, 0.25) is 0 Å². The first kappa shape index (κ1) is 18.0. The topological polar surface area (TPSA) is 58.2 Å². The zero-order valence-electron chi connectivity index (χ0n) is 11.8. The van der Waals surface area contributed by atoms with Gasteiger partial charge in [0.1, 0.15) is 0 Å². The SMILES string of the molecule is CCNCc1ccc(S(=O)(=O)NCCCSC)c(Br)c1. The number of rotatable bonds is 9. The Labute approximate surface area is 134 Å². The summed E-state index contributed by atoms with van der Waals surface area (Å²) in [7, 11) is -3.44. The first-order chi connectivity index (χ1) is 9.51. The molecular formula is C13H21BrN2O2S2. The van der Waals surface area contributed by atoms with Crippen LogP contribution >= 0.6 is 27.7 Å². The summed E-state index contributed by atoms with van der Waals surface area (Å²) >= 11 is 5.06. The molecule has 0 aliphatic rings. The molecule has 1 aromatic rings. The lowest BCUT2D eigenvalue weighted by Gasteiger charge is -2.10. The minimum atomic E-state index is -3.44. The summed E-state index contributed by atoms with van der Waals surface area (Å²) < 4.78 is 27.6. The van der Waals surface area contributed by atoms with Crippen LogP contribution in [0.1, 0.15) is 18.9 Å². The van der Waals surface area contributed by atoms with Gasteiger partial charge in [-0.1, -0.05) is 13.0 Å². The maximum atomic E-state index is 12.2. The van der Waals surface area contributed by atoms with Crippen molar-refractivity contribution in [1.82, 2.24) is 10.0 Å². The Kier molecular flexibility index (Phi) is 8.13. The number of sulfonamides is 1. The molecule has 0 heterocycles. The second-order valence-electron chi connectivity index (χ2n) is 4.29. The van der Waals surface area contributed by atoms with E-state index in [-0.39, 0.29) is 0 Å². The van der Waals surface area contributed by atoms with Crippen molar-refractivity contribution in [3.63, 3.8) is 0 Å². The number of hydrogen-bond donors (Lipinski definition) is 2. The van der Waals surface area contributed by atoms with Gasteiger partial charge in [0, 0.05) is 17.6 Å². The lowest BCUT2D eigenvalue weighted by atomic mass is 10.2. The number of benzene rings is 1. The normalized spacial score (nSPS) is 11.8. The van der Waals surface area contributed by atoms with Crippen molar-refractivity contribution in [3.05, 3.63) is 28.2 Å². The summed E-state index contributed by atoms with van der Waals surface area (Å²) in [6.07, 6.45) is 2.84. The van der Waals surface area contributed by atoms with Gasteiger partial charge in [0.05, 0.1) is 4.90 Å². The van der Waals surface area contributed by atoms with Gasteiger partial charge in [-0.2, -0.15) is 11.8 Å². The van der Waals surface area contributed by atoms with Gasteiger partial charge in [-0.3, -0.25) is 0 Å². The largest absolute Gasteiger partial charge is 0.313 e. The van der Waals surface area contributed by atoms with Crippen LogP contribution in [0.25, 0.3) is 0 Å². The van der Waals surface area contributed by atoms with Crippen LogP contribution in [0.15, 0.2) is 27.6 Å². The van der Waals surface area contributed by atoms with Crippen LogP contribution in [0, 0.1) is 0 Å². The molecule has 20 heavy (non-hydrogen) atoms. The summed E-state index contributed by atoms with van der Waals surface area (Å²) in [5.41, 5.74) is 1.06. The second kappa shape index (κ2) is 9.04. The van der Waals surface area contributed by atoms with E-state index < -0.39 is 10.0 Å². The standard InChI is InChI=1S/C13H21BrN2O2S2/c1-3-15-10-11-5-6-13(12(14)9-11)20(17,18)16-7-4-8-19-2/h5-6,9,15-16H,3-4,7-8,10H2,1-2H3. The fourth-order valence-corrected chi connectivity index (χ4v) is 4.27. The van der Waals surface area contributed by atoms with Crippen LogP contribution in [0.5, 0.6) is 0 Å². The third kappa shape index (κ3) is 5.73. The lowest BCUT2D eigenvalue weighted by Crippen LogP contribution is -2.25. The predicted molar refractivity (Wildman–Crippen MR) is 89.7 cm³/mol. The highest BCUT2D eigenvalue weighted by Gasteiger charge is 2.17. The van der Waals surface area contributed by atoms with E-state index in [1.54, 1.807) is 17.8 Å². The van der Waals surface area contributed by atoms with Crippen LogP contribution < -0.4 is 10.0 Å². The molecule has 0 bridgehead atoms. The van der Waals surface area contributed by atoms with Crippen molar-refractivity contribution in [2.45, 2.75) is 24.8 Å². The number of halogens is 1. The van der Waals surface area contributed by atoms with Crippen molar-refractivity contribution < 1.29 is 8.42 Å². The van der Waals surface area contributed by atoms with Gasteiger partial charge in [0.2, 0.25) is 10.0 Å². The Bertz CT molecular complexity index is 521. The van der Waals surface area contributed by atoms with E-state index in [1.807, 2.05) is 25.3 Å². The van der Waals surface area contributed by atoms with E-state index in [2.05, 4.69) is 26.0 Å². The molecule has 114 valence electrons. The van der Waals surface area contributed by atoms with E-state index >= 15 is 0 Å². The summed E-state index contributed by atoms with van der Waals surface area (Å²) in [5, 5.41) is 3.21. The smallest absolute Gasteiger partial charge is 0.241 e. The van der Waals surface area contributed by atoms with Gasteiger partial charge in [0.15, 0.2) is 0 Å². The molecule has 0 aliphatic carbocycles. The summed E-state index contributed by atoms with van der Waals surface area (Å²) in [6, 6.07) is 5.33. The highest BCUT2D eigenvalue weighted by atomic mass is 79.9. The molecule has 0 saturated heterocycles.